The van der Waals surface area contributed by atoms with Crippen LogP contribution in [-0.2, 0) is 11.2 Å². The molecule has 0 saturated carbocycles. The summed E-state index contributed by atoms with van der Waals surface area (Å²) in [7, 11) is 1.70. The molecule has 0 atom stereocenters. The number of nitrogens with zero attached hydrogens (tertiary/aromatic N) is 1. The fraction of sp³-hybridized carbons (Fsp3) is 0.400. The number of ether oxygens (including phenoxy) is 1. The highest BCUT2D eigenvalue weighted by molar-refractivity contribution is 9.11. The fourth-order valence-corrected chi connectivity index (χ4v) is 3.21. The highest BCUT2D eigenvalue weighted by Crippen LogP contribution is 2.28. The minimum absolute atomic E-state index is 0.737. The first-order valence-electron chi connectivity index (χ1n) is 6.80. The number of aryl methyl sites for hydroxylation is 1. The summed E-state index contributed by atoms with van der Waals surface area (Å²) in [5.41, 5.74) is 1.01. The Morgan fingerprint density at radius 1 is 1.19 bits per heavy atom. The zero-order chi connectivity index (χ0) is 15.1. The maximum atomic E-state index is 5.80. The molecule has 0 aliphatic carbocycles. The van der Waals surface area contributed by atoms with Gasteiger partial charge >= 0.3 is 0 Å². The van der Waals surface area contributed by atoms with Gasteiger partial charge in [0.15, 0.2) is 11.7 Å². The lowest BCUT2D eigenvalue weighted by Gasteiger charge is -2.02. The lowest BCUT2D eigenvalue weighted by molar-refractivity contribution is 0.199. The Morgan fingerprint density at radius 3 is 2.67 bits per heavy atom. The molecule has 4 nitrogen and oxygen atoms in total. The molecule has 1 aromatic carbocycles. The molecule has 1 N–H and O–H groups in total. The standard InChI is InChI=1S/C15H18Br2N2O2/c1-20-6-5-18-4-2-3-15-19-10-14(21-15)11-7-12(16)9-13(17)8-11/h7-10,18H,2-6H2,1H3. The monoisotopic (exact) mass is 416 g/mol. The highest BCUT2D eigenvalue weighted by Gasteiger charge is 2.08. The first kappa shape index (κ1) is 16.7. The van der Waals surface area contributed by atoms with Crippen LogP contribution >= 0.6 is 31.9 Å². The minimum Gasteiger partial charge on any atom is -0.441 e. The van der Waals surface area contributed by atoms with Crippen molar-refractivity contribution in [2.24, 2.45) is 0 Å². The second-order valence-electron chi connectivity index (χ2n) is 4.62. The summed E-state index contributed by atoms with van der Waals surface area (Å²) in [6.45, 7) is 2.55. The lowest BCUT2D eigenvalue weighted by atomic mass is 10.2. The summed E-state index contributed by atoms with van der Waals surface area (Å²) in [5.74, 6) is 1.56. The van der Waals surface area contributed by atoms with Gasteiger partial charge in [-0.05, 0) is 31.2 Å². The minimum atomic E-state index is 0.737. The summed E-state index contributed by atoms with van der Waals surface area (Å²) >= 11 is 6.96. The molecule has 0 unspecified atom stereocenters. The van der Waals surface area contributed by atoms with Gasteiger partial charge in [0.05, 0.1) is 12.8 Å². The van der Waals surface area contributed by atoms with Crippen molar-refractivity contribution in [3.05, 3.63) is 39.2 Å². The van der Waals surface area contributed by atoms with E-state index in [4.69, 9.17) is 9.15 Å². The number of methoxy groups -OCH3 is 1. The van der Waals surface area contributed by atoms with Crippen molar-refractivity contribution in [1.82, 2.24) is 10.3 Å². The van der Waals surface area contributed by atoms with Crippen molar-refractivity contribution in [3.8, 4) is 11.3 Å². The zero-order valence-electron chi connectivity index (χ0n) is 11.9. The van der Waals surface area contributed by atoms with Crippen LogP contribution in [0.5, 0.6) is 0 Å². The maximum Gasteiger partial charge on any atom is 0.194 e. The van der Waals surface area contributed by atoms with E-state index in [0.717, 1.165) is 58.7 Å². The van der Waals surface area contributed by atoms with Gasteiger partial charge in [0.25, 0.3) is 0 Å². The van der Waals surface area contributed by atoms with Crippen LogP contribution in [-0.4, -0.2) is 31.8 Å². The molecule has 2 aromatic rings. The number of rotatable bonds is 8. The van der Waals surface area contributed by atoms with Crippen LogP contribution in [0.25, 0.3) is 11.3 Å². The average molecular weight is 418 g/mol. The molecule has 6 heteroatoms. The van der Waals surface area contributed by atoms with Gasteiger partial charge in [0, 0.05) is 34.6 Å². The summed E-state index contributed by atoms with van der Waals surface area (Å²) in [6.07, 6.45) is 3.60. The third-order valence-corrected chi connectivity index (χ3v) is 3.84. The molecule has 0 aliphatic heterocycles. The Bertz CT molecular complexity index is 552. The summed E-state index contributed by atoms with van der Waals surface area (Å²) in [5, 5.41) is 3.30. The van der Waals surface area contributed by atoms with Crippen LogP contribution < -0.4 is 5.32 Å². The van der Waals surface area contributed by atoms with Gasteiger partial charge in [-0.15, -0.1) is 0 Å². The van der Waals surface area contributed by atoms with Crippen molar-refractivity contribution in [3.63, 3.8) is 0 Å². The van der Waals surface area contributed by atoms with Crippen molar-refractivity contribution in [2.75, 3.05) is 26.8 Å². The van der Waals surface area contributed by atoms with E-state index in [1.54, 1.807) is 13.3 Å². The van der Waals surface area contributed by atoms with Gasteiger partial charge in [0.2, 0.25) is 0 Å². The van der Waals surface area contributed by atoms with Crippen LogP contribution in [0.4, 0.5) is 0 Å². The Balaban J connectivity index is 1.86. The van der Waals surface area contributed by atoms with Crippen molar-refractivity contribution < 1.29 is 9.15 Å². The van der Waals surface area contributed by atoms with Crippen molar-refractivity contribution in [2.45, 2.75) is 12.8 Å². The second kappa shape index (κ2) is 8.68. The first-order chi connectivity index (χ1) is 10.2. The van der Waals surface area contributed by atoms with Crippen LogP contribution in [0.3, 0.4) is 0 Å². The molecule has 0 spiro atoms. The number of nitrogens with one attached hydrogen (secondary N) is 1. The van der Waals surface area contributed by atoms with Gasteiger partial charge in [0.1, 0.15) is 0 Å². The van der Waals surface area contributed by atoms with E-state index in [1.165, 1.54) is 0 Å². The molecule has 0 saturated heterocycles. The predicted molar refractivity (Wildman–Crippen MR) is 90.4 cm³/mol. The lowest BCUT2D eigenvalue weighted by Crippen LogP contribution is -2.20. The third kappa shape index (κ3) is 5.54. The van der Waals surface area contributed by atoms with E-state index >= 15 is 0 Å². The Morgan fingerprint density at radius 2 is 1.95 bits per heavy atom. The zero-order valence-corrected chi connectivity index (χ0v) is 15.0. The third-order valence-electron chi connectivity index (χ3n) is 2.93. The molecule has 0 amide bonds. The second-order valence-corrected chi connectivity index (χ2v) is 6.45. The molecule has 2 rings (SSSR count). The van der Waals surface area contributed by atoms with Crippen LogP contribution in [0.1, 0.15) is 12.3 Å². The van der Waals surface area contributed by atoms with Crippen LogP contribution in [0.2, 0.25) is 0 Å². The van der Waals surface area contributed by atoms with Crippen molar-refractivity contribution >= 4 is 31.9 Å². The molecule has 0 radical (unpaired) electrons. The highest BCUT2D eigenvalue weighted by atomic mass is 79.9. The number of oxazole rings is 1. The molecular weight excluding hydrogens is 400 g/mol. The topological polar surface area (TPSA) is 47.3 Å². The largest absolute Gasteiger partial charge is 0.441 e. The molecular formula is C15H18Br2N2O2. The Labute approximate surface area is 141 Å². The number of halogens is 2. The average Bonchev–Trinajstić information content (AvgIpc) is 2.90. The Kier molecular flexibility index (Phi) is 6.89. The first-order valence-corrected chi connectivity index (χ1v) is 8.38. The van der Waals surface area contributed by atoms with Crippen LogP contribution in [0, 0.1) is 0 Å². The van der Waals surface area contributed by atoms with Gasteiger partial charge in [-0.25, -0.2) is 4.98 Å². The molecule has 0 bridgehead atoms. The van der Waals surface area contributed by atoms with Gasteiger partial charge in [-0.3, -0.25) is 0 Å². The molecule has 0 fully saturated rings. The molecule has 21 heavy (non-hydrogen) atoms. The number of hydrogen-bond acceptors (Lipinski definition) is 4. The SMILES string of the molecule is COCCNCCCc1ncc(-c2cc(Br)cc(Br)c2)o1. The van der Waals surface area contributed by atoms with E-state index in [0.29, 0.717) is 0 Å². The predicted octanol–water partition coefficient (Wildman–Crippen LogP) is 4.04. The van der Waals surface area contributed by atoms with E-state index in [2.05, 4.69) is 42.2 Å². The quantitative estimate of drug-likeness (QED) is 0.658. The summed E-state index contributed by atoms with van der Waals surface area (Å²) in [4.78, 5) is 4.34. The number of hydrogen-bond donors (Lipinski definition) is 1. The Hall–Kier alpha value is -0.690. The number of aromatic nitrogens is 1. The summed E-state index contributed by atoms with van der Waals surface area (Å²) in [6, 6.07) is 6.02. The maximum absolute atomic E-state index is 5.80. The van der Waals surface area contributed by atoms with Gasteiger partial charge in [-0.1, -0.05) is 31.9 Å². The van der Waals surface area contributed by atoms with E-state index < -0.39 is 0 Å². The molecule has 1 heterocycles. The van der Waals surface area contributed by atoms with E-state index in [9.17, 15) is 0 Å². The molecule has 114 valence electrons. The van der Waals surface area contributed by atoms with Crippen LogP contribution in [0.15, 0.2) is 37.8 Å². The van der Waals surface area contributed by atoms with E-state index in [-0.39, 0.29) is 0 Å². The van der Waals surface area contributed by atoms with E-state index in [1.807, 2.05) is 18.2 Å². The molecule has 0 aliphatic rings. The molecule has 1 aromatic heterocycles. The van der Waals surface area contributed by atoms with Gasteiger partial charge < -0.3 is 14.5 Å². The van der Waals surface area contributed by atoms with Crippen molar-refractivity contribution in [1.29, 1.82) is 0 Å². The van der Waals surface area contributed by atoms with Gasteiger partial charge in [-0.2, -0.15) is 0 Å². The number of benzene rings is 1. The smallest absolute Gasteiger partial charge is 0.194 e. The fourth-order valence-electron chi connectivity index (χ4n) is 1.92. The summed E-state index contributed by atoms with van der Waals surface area (Å²) < 4.78 is 12.8. The normalized spacial score (nSPS) is 11.0.